The SMILES string of the molecule is CON(C)C(=O)CC1CCC=CC[C@H](c2ccccc2)OC(=O)c2c(O)cc(O)cc2C1. The molecule has 0 bridgehead atoms. The van der Waals surface area contributed by atoms with Gasteiger partial charge >= 0.3 is 5.97 Å². The van der Waals surface area contributed by atoms with Crippen molar-refractivity contribution in [3.05, 3.63) is 71.3 Å². The summed E-state index contributed by atoms with van der Waals surface area (Å²) in [6.45, 7) is 0. The van der Waals surface area contributed by atoms with Gasteiger partial charge in [-0.25, -0.2) is 9.86 Å². The Morgan fingerprint density at radius 1 is 1.19 bits per heavy atom. The minimum absolute atomic E-state index is 0.0193. The second kappa shape index (κ2) is 10.8. The van der Waals surface area contributed by atoms with Crippen molar-refractivity contribution in [2.24, 2.45) is 5.92 Å². The van der Waals surface area contributed by atoms with Gasteiger partial charge in [0.25, 0.3) is 0 Å². The number of esters is 1. The molecule has 7 nitrogen and oxygen atoms in total. The average Bonchev–Trinajstić information content (AvgIpc) is 2.76. The van der Waals surface area contributed by atoms with Crippen molar-refractivity contribution in [1.29, 1.82) is 0 Å². The number of hydrogen-bond donors (Lipinski definition) is 2. The van der Waals surface area contributed by atoms with Gasteiger partial charge in [-0.05, 0) is 42.4 Å². The lowest BCUT2D eigenvalue weighted by atomic mass is 9.88. The van der Waals surface area contributed by atoms with E-state index in [1.807, 2.05) is 42.5 Å². The molecule has 1 aliphatic heterocycles. The second-order valence-electron chi connectivity index (χ2n) is 7.94. The van der Waals surface area contributed by atoms with E-state index in [4.69, 9.17) is 9.57 Å². The van der Waals surface area contributed by atoms with Crippen LogP contribution in [0.25, 0.3) is 0 Å². The maximum Gasteiger partial charge on any atom is 0.342 e. The molecule has 7 heteroatoms. The van der Waals surface area contributed by atoms with Crippen molar-refractivity contribution in [3.63, 3.8) is 0 Å². The molecule has 1 unspecified atom stereocenters. The van der Waals surface area contributed by atoms with Gasteiger partial charge in [0.1, 0.15) is 23.2 Å². The van der Waals surface area contributed by atoms with Crippen molar-refractivity contribution in [3.8, 4) is 11.5 Å². The Hall–Kier alpha value is -3.32. The molecule has 0 aliphatic carbocycles. The van der Waals surface area contributed by atoms with Gasteiger partial charge in [0, 0.05) is 26.0 Å². The third-order valence-corrected chi connectivity index (χ3v) is 5.66. The summed E-state index contributed by atoms with van der Waals surface area (Å²) in [6, 6.07) is 12.0. The summed E-state index contributed by atoms with van der Waals surface area (Å²) < 4.78 is 5.80. The van der Waals surface area contributed by atoms with Gasteiger partial charge in [-0.2, -0.15) is 0 Å². The number of phenols is 2. The van der Waals surface area contributed by atoms with Gasteiger partial charge in [0.2, 0.25) is 5.91 Å². The van der Waals surface area contributed by atoms with Crippen molar-refractivity contribution in [2.45, 2.75) is 38.2 Å². The van der Waals surface area contributed by atoms with E-state index in [9.17, 15) is 19.8 Å². The summed E-state index contributed by atoms with van der Waals surface area (Å²) in [5.74, 6) is -1.48. The van der Waals surface area contributed by atoms with Crippen LogP contribution in [0.3, 0.4) is 0 Å². The Balaban J connectivity index is 1.96. The largest absolute Gasteiger partial charge is 0.508 e. The monoisotopic (exact) mass is 439 g/mol. The summed E-state index contributed by atoms with van der Waals surface area (Å²) in [7, 11) is 2.97. The molecule has 0 spiro atoms. The van der Waals surface area contributed by atoms with E-state index in [1.54, 1.807) is 7.05 Å². The quantitative estimate of drug-likeness (QED) is 0.419. The lowest BCUT2D eigenvalue weighted by Crippen LogP contribution is -2.28. The Morgan fingerprint density at radius 2 is 1.94 bits per heavy atom. The van der Waals surface area contributed by atoms with Crippen molar-refractivity contribution in [1.82, 2.24) is 5.06 Å². The molecule has 1 heterocycles. The van der Waals surface area contributed by atoms with Crippen molar-refractivity contribution < 1.29 is 29.4 Å². The van der Waals surface area contributed by atoms with Gasteiger partial charge in [-0.15, -0.1) is 0 Å². The highest BCUT2D eigenvalue weighted by atomic mass is 16.7. The van der Waals surface area contributed by atoms with E-state index in [0.717, 1.165) is 18.1 Å². The number of amides is 1. The van der Waals surface area contributed by atoms with Crippen LogP contribution in [0.4, 0.5) is 0 Å². The number of carbonyl (C=O) groups is 2. The second-order valence-corrected chi connectivity index (χ2v) is 7.94. The number of allylic oxidation sites excluding steroid dienone is 1. The maximum absolute atomic E-state index is 13.1. The summed E-state index contributed by atoms with van der Waals surface area (Å²) in [6.07, 6.45) is 5.95. The molecule has 0 saturated heterocycles. The lowest BCUT2D eigenvalue weighted by molar-refractivity contribution is -0.169. The molecule has 32 heavy (non-hydrogen) atoms. The highest BCUT2D eigenvalue weighted by molar-refractivity contribution is 5.94. The van der Waals surface area contributed by atoms with Crippen LogP contribution < -0.4 is 0 Å². The Morgan fingerprint density at radius 3 is 2.66 bits per heavy atom. The normalized spacial score (nSPS) is 19.2. The molecule has 2 aromatic carbocycles. The number of nitrogens with zero attached hydrogens (tertiary/aromatic N) is 1. The summed E-state index contributed by atoms with van der Waals surface area (Å²) in [5.41, 5.74) is 1.32. The fraction of sp³-hybridized carbons (Fsp3) is 0.360. The summed E-state index contributed by atoms with van der Waals surface area (Å²) in [4.78, 5) is 30.5. The average molecular weight is 440 g/mol. The first-order valence-electron chi connectivity index (χ1n) is 10.7. The van der Waals surface area contributed by atoms with Crippen molar-refractivity contribution >= 4 is 11.9 Å². The van der Waals surface area contributed by atoms with Crippen molar-refractivity contribution in [2.75, 3.05) is 14.2 Å². The van der Waals surface area contributed by atoms with E-state index in [2.05, 4.69) is 0 Å². The molecule has 2 N–H and O–H groups in total. The van der Waals surface area contributed by atoms with Crippen LogP contribution in [0.15, 0.2) is 54.6 Å². The fourth-order valence-corrected chi connectivity index (χ4v) is 3.91. The third kappa shape index (κ3) is 5.88. The summed E-state index contributed by atoms with van der Waals surface area (Å²) in [5, 5.41) is 21.7. The molecule has 1 aliphatic rings. The Kier molecular flexibility index (Phi) is 7.89. The van der Waals surface area contributed by atoms with Crippen LogP contribution in [0.5, 0.6) is 11.5 Å². The van der Waals surface area contributed by atoms with Crippen LogP contribution in [-0.2, 0) is 20.8 Å². The first kappa shape index (κ1) is 23.3. The Bertz CT molecular complexity index is 972. The number of fused-ring (bicyclic) bond motifs is 1. The predicted molar refractivity (Wildman–Crippen MR) is 119 cm³/mol. The molecule has 2 atom stereocenters. The number of rotatable bonds is 4. The van der Waals surface area contributed by atoms with Gasteiger partial charge in [0.15, 0.2) is 0 Å². The molecule has 0 fully saturated rings. The van der Waals surface area contributed by atoms with E-state index < -0.39 is 12.1 Å². The first-order chi connectivity index (χ1) is 15.4. The highest BCUT2D eigenvalue weighted by Gasteiger charge is 2.26. The predicted octanol–water partition coefficient (Wildman–Crippen LogP) is 4.30. The standard InChI is InChI=1S/C25H29NO6/c1-26(31-2)23(29)14-17-9-5-3-8-12-22(18-10-6-4-7-11-18)32-25(30)24-19(13-17)15-20(27)16-21(24)28/h3-4,6-8,10-11,15-17,22,27-28H,5,9,12-14H2,1-2H3/t17?,22-/m1/s1. The zero-order valence-electron chi connectivity index (χ0n) is 18.4. The summed E-state index contributed by atoms with van der Waals surface area (Å²) >= 11 is 0. The molecule has 2 aromatic rings. The van der Waals surface area contributed by atoms with E-state index in [0.29, 0.717) is 24.8 Å². The molecule has 1 amide bonds. The van der Waals surface area contributed by atoms with E-state index >= 15 is 0 Å². The van der Waals surface area contributed by atoms with Crippen LogP contribution >= 0.6 is 0 Å². The van der Waals surface area contributed by atoms with Crippen LogP contribution in [-0.4, -0.2) is 41.3 Å². The molecular formula is C25H29NO6. The number of aromatic hydroxyl groups is 2. The molecule has 3 rings (SSSR count). The molecular weight excluding hydrogens is 410 g/mol. The minimum Gasteiger partial charge on any atom is -0.508 e. The number of hydrogen-bond acceptors (Lipinski definition) is 6. The number of ether oxygens (including phenoxy) is 1. The van der Waals surface area contributed by atoms with Gasteiger partial charge in [-0.3, -0.25) is 9.63 Å². The van der Waals surface area contributed by atoms with Crippen LogP contribution in [0.2, 0.25) is 0 Å². The van der Waals surface area contributed by atoms with Gasteiger partial charge < -0.3 is 14.9 Å². The van der Waals surface area contributed by atoms with Crippen LogP contribution in [0, 0.1) is 5.92 Å². The topological polar surface area (TPSA) is 96.3 Å². The number of carbonyl (C=O) groups excluding carboxylic acids is 2. The number of hydroxylamine groups is 2. The lowest BCUT2D eigenvalue weighted by Gasteiger charge is -2.23. The number of cyclic esters (lactones) is 1. The van der Waals surface area contributed by atoms with Crippen LogP contribution in [0.1, 0.15) is 53.3 Å². The molecule has 170 valence electrons. The fourth-order valence-electron chi connectivity index (χ4n) is 3.91. The molecule has 0 radical (unpaired) electrons. The van der Waals surface area contributed by atoms with E-state index in [1.165, 1.54) is 18.2 Å². The number of phenolic OH excluding ortho intramolecular Hbond substituents is 2. The zero-order chi connectivity index (χ0) is 23.1. The van der Waals surface area contributed by atoms with Gasteiger partial charge in [0.05, 0.1) is 7.11 Å². The molecule has 0 aromatic heterocycles. The van der Waals surface area contributed by atoms with E-state index in [-0.39, 0.29) is 35.3 Å². The smallest absolute Gasteiger partial charge is 0.342 e. The molecule has 0 saturated carbocycles. The first-order valence-corrected chi connectivity index (χ1v) is 10.7. The Labute approximate surface area is 187 Å². The third-order valence-electron chi connectivity index (χ3n) is 5.66. The zero-order valence-corrected chi connectivity index (χ0v) is 18.4. The maximum atomic E-state index is 13.1. The highest BCUT2D eigenvalue weighted by Crippen LogP contribution is 2.34. The minimum atomic E-state index is -0.667. The van der Waals surface area contributed by atoms with Gasteiger partial charge in [-0.1, -0.05) is 42.5 Å². The number of benzene rings is 2.